The Morgan fingerprint density at radius 2 is 2.17 bits per heavy atom. The number of fused-ring (bicyclic) bond motifs is 1. The van der Waals surface area contributed by atoms with Gasteiger partial charge in [-0.15, -0.1) is 0 Å². The fourth-order valence-electron chi connectivity index (χ4n) is 3.51. The zero-order chi connectivity index (χ0) is 16.5. The number of benzene rings is 1. The lowest BCUT2D eigenvalue weighted by Crippen LogP contribution is -2.39. The van der Waals surface area contributed by atoms with Crippen LogP contribution in [0.25, 0.3) is 10.8 Å². The zero-order valence-electron chi connectivity index (χ0n) is 13.1. The molecule has 1 saturated carbocycles. The van der Waals surface area contributed by atoms with Crippen LogP contribution in [0.15, 0.2) is 53.8 Å². The Bertz CT molecular complexity index is 930. The third-order valence-electron chi connectivity index (χ3n) is 4.70. The van der Waals surface area contributed by atoms with Crippen LogP contribution >= 0.6 is 0 Å². The highest BCUT2D eigenvalue weighted by Crippen LogP contribution is 2.30. The molecule has 1 aliphatic carbocycles. The van der Waals surface area contributed by atoms with Crippen LogP contribution < -0.4 is 10.9 Å². The van der Waals surface area contributed by atoms with Crippen molar-refractivity contribution in [1.82, 2.24) is 19.9 Å². The summed E-state index contributed by atoms with van der Waals surface area (Å²) in [4.78, 5) is 31.5. The molecule has 2 atom stereocenters. The smallest absolute Gasteiger partial charge is 0.268 e. The van der Waals surface area contributed by atoms with E-state index in [4.69, 9.17) is 0 Å². The average molecular weight is 322 g/mol. The van der Waals surface area contributed by atoms with E-state index in [1.165, 1.54) is 0 Å². The third-order valence-corrected chi connectivity index (χ3v) is 4.70. The van der Waals surface area contributed by atoms with Gasteiger partial charge in [0.25, 0.3) is 11.5 Å². The Morgan fingerprint density at radius 1 is 1.29 bits per heavy atom. The molecule has 0 aliphatic heterocycles. The minimum absolute atomic E-state index is 0.0432. The topological polar surface area (TPSA) is 79.8 Å². The van der Waals surface area contributed by atoms with Gasteiger partial charge in [-0.3, -0.25) is 9.59 Å². The maximum atomic E-state index is 12.6. The Hall–Kier alpha value is -2.89. The van der Waals surface area contributed by atoms with Crippen LogP contribution in [0.1, 0.15) is 35.8 Å². The van der Waals surface area contributed by atoms with Gasteiger partial charge in [-0.2, -0.15) is 0 Å². The maximum Gasteiger partial charge on any atom is 0.268 e. The first kappa shape index (κ1) is 14.7. The lowest BCUT2D eigenvalue weighted by Gasteiger charge is -2.22. The van der Waals surface area contributed by atoms with E-state index in [0.717, 1.165) is 24.6 Å². The van der Waals surface area contributed by atoms with Gasteiger partial charge in [-0.1, -0.05) is 18.2 Å². The number of carbonyl (C=O) groups is 1. The highest BCUT2D eigenvalue weighted by Gasteiger charge is 2.30. The molecule has 0 bridgehead atoms. The molecule has 2 N–H and O–H groups in total. The van der Waals surface area contributed by atoms with Crippen LogP contribution in [-0.2, 0) is 0 Å². The monoisotopic (exact) mass is 322 g/mol. The second kappa shape index (κ2) is 5.96. The lowest BCUT2D eigenvalue weighted by molar-refractivity contribution is 0.0923. The second-order valence-corrected chi connectivity index (χ2v) is 6.19. The van der Waals surface area contributed by atoms with Crippen LogP contribution in [0.4, 0.5) is 0 Å². The average Bonchev–Trinajstić information content (AvgIpc) is 3.25. The molecule has 4 rings (SSSR count). The molecule has 1 fully saturated rings. The number of pyridine rings is 1. The zero-order valence-corrected chi connectivity index (χ0v) is 13.1. The number of H-pyrrole nitrogens is 1. The number of imidazole rings is 1. The molecule has 0 saturated heterocycles. The van der Waals surface area contributed by atoms with Gasteiger partial charge in [0.05, 0.1) is 12.4 Å². The van der Waals surface area contributed by atoms with Gasteiger partial charge in [0.1, 0.15) is 5.69 Å². The van der Waals surface area contributed by atoms with E-state index in [-0.39, 0.29) is 23.6 Å². The molecule has 122 valence electrons. The van der Waals surface area contributed by atoms with Gasteiger partial charge in [0.15, 0.2) is 0 Å². The van der Waals surface area contributed by atoms with Crippen LogP contribution in [0, 0.1) is 0 Å². The third kappa shape index (κ3) is 2.60. The molecule has 6 nitrogen and oxygen atoms in total. The lowest BCUT2D eigenvalue weighted by atomic mass is 10.1. The van der Waals surface area contributed by atoms with Gasteiger partial charge in [0.2, 0.25) is 0 Å². The van der Waals surface area contributed by atoms with Crippen LogP contribution in [0.5, 0.6) is 0 Å². The molecule has 6 heteroatoms. The Kier molecular flexibility index (Phi) is 3.65. The van der Waals surface area contributed by atoms with Crippen molar-refractivity contribution in [2.24, 2.45) is 0 Å². The Labute approximate surface area is 138 Å². The summed E-state index contributed by atoms with van der Waals surface area (Å²) in [5, 5.41) is 4.42. The predicted molar refractivity (Wildman–Crippen MR) is 90.9 cm³/mol. The predicted octanol–water partition coefficient (Wildman–Crippen LogP) is 2.25. The molecule has 1 aliphatic rings. The summed E-state index contributed by atoms with van der Waals surface area (Å²) in [5.41, 5.74) is 0.0609. The molecule has 2 aromatic heterocycles. The molecule has 2 heterocycles. The first-order chi connectivity index (χ1) is 11.7. The second-order valence-electron chi connectivity index (χ2n) is 6.19. The maximum absolute atomic E-state index is 12.6. The summed E-state index contributed by atoms with van der Waals surface area (Å²) in [5.74, 6) is -0.241. The SMILES string of the molecule is O=C(N[C@@H]1CCC[C@H]1n1ccnc1)c1cc2ccccc2c(=O)[nH]1. The van der Waals surface area contributed by atoms with E-state index in [9.17, 15) is 9.59 Å². The number of amides is 1. The summed E-state index contributed by atoms with van der Waals surface area (Å²) < 4.78 is 2.04. The number of aromatic nitrogens is 3. The van der Waals surface area contributed by atoms with Crippen molar-refractivity contribution in [3.8, 4) is 0 Å². The number of carbonyl (C=O) groups excluding carboxylic acids is 1. The van der Waals surface area contributed by atoms with Crippen molar-refractivity contribution in [2.75, 3.05) is 0 Å². The van der Waals surface area contributed by atoms with Crippen LogP contribution in [0.3, 0.4) is 0 Å². The van der Waals surface area contributed by atoms with Crippen molar-refractivity contribution in [2.45, 2.75) is 31.3 Å². The number of aromatic amines is 1. The summed E-state index contributed by atoms with van der Waals surface area (Å²) in [6.45, 7) is 0. The quantitative estimate of drug-likeness (QED) is 0.776. The normalized spacial score (nSPS) is 20.3. The summed E-state index contributed by atoms with van der Waals surface area (Å²) in [7, 11) is 0. The highest BCUT2D eigenvalue weighted by molar-refractivity contribution is 5.96. The summed E-state index contributed by atoms with van der Waals surface area (Å²) in [6, 6.07) is 9.24. The molecule has 0 radical (unpaired) electrons. The number of nitrogens with zero attached hydrogens (tertiary/aromatic N) is 2. The van der Waals surface area contributed by atoms with E-state index in [0.29, 0.717) is 11.1 Å². The van der Waals surface area contributed by atoms with E-state index in [1.807, 2.05) is 29.0 Å². The number of hydrogen-bond acceptors (Lipinski definition) is 3. The fraction of sp³-hybridized carbons (Fsp3) is 0.278. The molecular formula is C18H18N4O2. The minimum Gasteiger partial charge on any atom is -0.346 e. The van der Waals surface area contributed by atoms with E-state index >= 15 is 0 Å². The molecule has 0 spiro atoms. The minimum atomic E-state index is -0.241. The van der Waals surface area contributed by atoms with E-state index < -0.39 is 0 Å². The van der Waals surface area contributed by atoms with E-state index in [2.05, 4.69) is 15.3 Å². The Balaban J connectivity index is 1.59. The fourth-order valence-corrected chi connectivity index (χ4v) is 3.51. The van der Waals surface area contributed by atoms with Gasteiger partial charge < -0.3 is 14.9 Å². The summed E-state index contributed by atoms with van der Waals surface area (Å²) >= 11 is 0. The van der Waals surface area contributed by atoms with Gasteiger partial charge in [0, 0.05) is 23.8 Å². The van der Waals surface area contributed by atoms with Crippen molar-refractivity contribution in [1.29, 1.82) is 0 Å². The van der Waals surface area contributed by atoms with Crippen molar-refractivity contribution in [3.05, 3.63) is 65.1 Å². The largest absolute Gasteiger partial charge is 0.346 e. The molecule has 1 aromatic carbocycles. The molecule has 3 aromatic rings. The molecule has 1 amide bonds. The number of rotatable bonds is 3. The molecule has 24 heavy (non-hydrogen) atoms. The number of hydrogen-bond donors (Lipinski definition) is 2. The number of nitrogens with one attached hydrogen (secondary N) is 2. The summed E-state index contributed by atoms with van der Waals surface area (Å²) in [6.07, 6.45) is 8.45. The first-order valence-corrected chi connectivity index (χ1v) is 8.13. The van der Waals surface area contributed by atoms with Crippen LogP contribution in [0.2, 0.25) is 0 Å². The van der Waals surface area contributed by atoms with Crippen LogP contribution in [-0.4, -0.2) is 26.5 Å². The van der Waals surface area contributed by atoms with Gasteiger partial charge >= 0.3 is 0 Å². The Morgan fingerprint density at radius 3 is 3.00 bits per heavy atom. The van der Waals surface area contributed by atoms with Crippen molar-refractivity contribution >= 4 is 16.7 Å². The van der Waals surface area contributed by atoms with E-state index in [1.54, 1.807) is 24.7 Å². The van der Waals surface area contributed by atoms with Crippen molar-refractivity contribution < 1.29 is 4.79 Å². The van der Waals surface area contributed by atoms with Gasteiger partial charge in [-0.25, -0.2) is 4.98 Å². The van der Waals surface area contributed by atoms with Gasteiger partial charge in [-0.05, 0) is 36.8 Å². The molecule has 0 unspecified atom stereocenters. The first-order valence-electron chi connectivity index (χ1n) is 8.13. The highest BCUT2D eigenvalue weighted by atomic mass is 16.2. The standard InChI is InChI=1S/C18H18N4O2/c23-17-13-5-2-1-4-12(13)10-15(21-17)18(24)20-14-6-3-7-16(14)22-9-8-19-11-22/h1-2,4-5,8-11,14,16H,3,6-7H2,(H,20,24)(H,21,23)/t14-,16-/m1/s1. The van der Waals surface area contributed by atoms with Crippen molar-refractivity contribution in [3.63, 3.8) is 0 Å². The molecular weight excluding hydrogens is 304 g/mol.